The van der Waals surface area contributed by atoms with Crippen LogP contribution in [0, 0.1) is 0 Å². The number of aryl methyl sites for hydroxylation is 2. The van der Waals surface area contributed by atoms with Crippen molar-refractivity contribution in [3.05, 3.63) is 27.2 Å². The van der Waals surface area contributed by atoms with E-state index in [1.807, 2.05) is 0 Å². The third kappa shape index (κ3) is 21.6. The quantitative estimate of drug-likeness (QED) is 0.0587. The molecular weight excluding hydrogens is 612 g/mol. The number of H-pyrrole nitrogens is 1. The minimum Gasteiger partial charge on any atom is -0.308 e. The Morgan fingerprint density at radius 2 is 0.750 bits per heavy atom. The molecule has 48 heavy (non-hydrogen) atoms. The molecule has 0 aliphatic heterocycles. The third-order valence-electron chi connectivity index (χ3n) is 10.2. The summed E-state index contributed by atoms with van der Waals surface area (Å²) < 4.78 is 0. The molecule has 0 unspecified atom stereocenters. The number of nitrogens with zero attached hydrogens (tertiary/aromatic N) is 3. The fourth-order valence-corrected chi connectivity index (χ4v) is 7.35. The molecule has 0 fully saturated rings. The van der Waals surface area contributed by atoms with Gasteiger partial charge in [0.1, 0.15) is 11.0 Å². The molecule has 2 heterocycles. The second-order valence-electron chi connectivity index (χ2n) is 14.8. The largest absolute Gasteiger partial charge is 0.345 e. The first kappa shape index (κ1) is 42.7. The lowest BCUT2D eigenvalue weighted by molar-refractivity contribution is 0.529. The molecule has 2 aromatic heterocycles. The zero-order valence-corrected chi connectivity index (χ0v) is 32.4. The Labute approximate surface area is 301 Å². The highest BCUT2D eigenvalue weighted by molar-refractivity contribution is 6.28. The molecule has 2 rings (SSSR count). The summed E-state index contributed by atoms with van der Waals surface area (Å²) in [5.41, 5.74) is 2.79. The average Bonchev–Trinajstić information content (AvgIpc) is 3.08. The maximum atomic E-state index is 12.5. The van der Waals surface area contributed by atoms with E-state index in [9.17, 15) is 4.79 Å². The number of nitrogens with one attached hydrogen (secondary N) is 1. The number of aromatic nitrogens is 4. The van der Waals surface area contributed by atoms with Crippen LogP contribution in [0.15, 0.2) is 4.79 Å². The number of fused-ring (bicyclic) bond motifs is 1. The average molecular weight is 688 g/mol. The molecule has 0 aromatic carbocycles. The maximum absolute atomic E-state index is 12.5. The van der Waals surface area contributed by atoms with Crippen LogP contribution in [-0.4, -0.2) is 19.9 Å². The minimum absolute atomic E-state index is 0.260. The van der Waals surface area contributed by atoms with Gasteiger partial charge in [-0.15, -0.1) is 0 Å². The number of halogens is 1. The molecular formula is C42H75ClN4O. The van der Waals surface area contributed by atoms with Crippen LogP contribution in [0.3, 0.4) is 0 Å². The van der Waals surface area contributed by atoms with Crippen molar-refractivity contribution in [3.63, 3.8) is 0 Å². The molecule has 0 aliphatic rings. The monoisotopic (exact) mass is 687 g/mol. The van der Waals surface area contributed by atoms with Gasteiger partial charge in [-0.25, -0.2) is 14.8 Å². The van der Waals surface area contributed by atoms with Crippen molar-refractivity contribution >= 4 is 22.6 Å². The van der Waals surface area contributed by atoms with Crippen LogP contribution in [0.5, 0.6) is 0 Å². The normalized spacial score (nSPS) is 11.6. The van der Waals surface area contributed by atoms with Gasteiger partial charge in [-0.1, -0.05) is 206 Å². The molecule has 0 spiro atoms. The van der Waals surface area contributed by atoms with E-state index < -0.39 is 0 Å². The van der Waals surface area contributed by atoms with E-state index in [-0.39, 0.29) is 11.0 Å². The highest BCUT2D eigenvalue weighted by Crippen LogP contribution is 2.22. The van der Waals surface area contributed by atoms with Gasteiger partial charge in [-0.3, -0.25) is 0 Å². The number of unbranched alkanes of at least 4 members (excludes halogenated alkanes) is 30. The van der Waals surface area contributed by atoms with Crippen LogP contribution < -0.4 is 5.69 Å². The summed E-state index contributed by atoms with van der Waals surface area (Å²) in [6, 6.07) is 0. The molecule has 0 amide bonds. The fraction of sp³-hybridized carbons (Fsp3) is 0.857. The molecule has 0 radical (unpaired) electrons. The number of aromatic amines is 1. The van der Waals surface area contributed by atoms with Gasteiger partial charge in [0.05, 0.1) is 5.69 Å². The van der Waals surface area contributed by atoms with Gasteiger partial charge in [0.25, 0.3) is 0 Å². The first-order valence-electron chi connectivity index (χ1n) is 21.1. The Hall–Kier alpha value is -1.49. The summed E-state index contributed by atoms with van der Waals surface area (Å²) in [5.74, 6) is 0. The van der Waals surface area contributed by atoms with Crippen LogP contribution in [0.25, 0.3) is 11.0 Å². The summed E-state index contributed by atoms with van der Waals surface area (Å²) in [4.78, 5) is 28.8. The first-order valence-corrected chi connectivity index (χ1v) is 21.5. The summed E-state index contributed by atoms with van der Waals surface area (Å²) in [6.07, 6.45) is 44.8. The molecule has 0 atom stereocenters. The molecule has 0 aliphatic carbocycles. The molecule has 0 saturated heterocycles. The van der Waals surface area contributed by atoms with Crippen molar-refractivity contribution in [2.24, 2.45) is 0 Å². The lowest BCUT2D eigenvalue weighted by atomic mass is 10.0. The lowest BCUT2D eigenvalue weighted by Crippen LogP contribution is -2.16. The molecule has 6 heteroatoms. The molecule has 0 bridgehead atoms. The van der Waals surface area contributed by atoms with Gasteiger partial charge in [-0.2, -0.15) is 4.98 Å². The second kappa shape index (κ2) is 30.3. The molecule has 2 aromatic rings. The predicted molar refractivity (Wildman–Crippen MR) is 209 cm³/mol. The van der Waals surface area contributed by atoms with E-state index in [1.165, 1.54) is 193 Å². The van der Waals surface area contributed by atoms with Gasteiger partial charge >= 0.3 is 5.69 Å². The van der Waals surface area contributed by atoms with Crippen molar-refractivity contribution in [2.75, 3.05) is 0 Å². The number of hydrogen-bond donors (Lipinski definition) is 1. The zero-order valence-electron chi connectivity index (χ0n) is 31.7. The summed E-state index contributed by atoms with van der Waals surface area (Å²) in [6.45, 7) is 4.58. The van der Waals surface area contributed by atoms with E-state index in [2.05, 4.69) is 33.8 Å². The van der Waals surface area contributed by atoms with E-state index in [4.69, 9.17) is 11.6 Å². The Balaban J connectivity index is 1.55. The lowest BCUT2D eigenvalue weighted by Gasteiger charge is -2.09. The number of hydrogen-bond acceptors (Lipinski definition) is 4. The third-order valence-corrected chi connectivity index (χ3v) is 10.4. The van der Waals surface area contributed by atoms with Gasteiger partial charge < -0.3 is 4.98 Å². The first-order chi connectivity index (χ1) is 23.7. The molecule has 5 nitrogen and oxygen atoms in total. The van der Waals surface area contributed by atoms with E-state index in [1.54, 1.807) is 0 Å². The Morgan fingerprint density at radius 3 is 1.12 bits per heavy atom. The van der Waals surface area contributed by atoms with Crippen LogP contribution in [0.1, 0.15) is 231 Å². The highest BCUT2D eigenvalue weighted by atomic mass is 35.5. The van der Waals surface area contributed by atoms with Crippen molar-refractivity contribution in [2.45, 2.75) is 232 Å². The minimum atomic E-state index is -0.298. The van der Waals surface area contributed by atoms with E-state index >= 15 is 0 Å². The smallest absolute Gasteiger partial charge is 0.308 e. The standard InChI is InChI=1S/C42H75ClN4O/c1-3-5-7-9-11-13-15-17-19-21-23-25-27-29-31-33-35-37-40-39(46-41(43)44-37)38(45-42(48)47-40)36-34-32-30-28-26-24-22-20-18-16-14-12-10-8-6-4-2/h3-36H2,1-2H3,(H,45,47,48). The Kier molecular flexibility index (Phi) is 27.0. The summed E-state index contributed by atoms with van der Waals surface area (Å²) in [5, 5.41) is 0.260. The van der Waals surface area contributed by atoms with Crippen molar-refractivity contribution in [1.82, 2.24) is 19.9 Å². The van der Waals surface area contributed by atoms with E-state index in [0.29, 0.717) is 5.52 Å². The second-order valence-corrected chi connectivity index (χ2v) is 15.1. The molecule has 1 N–H and O–H groups in total. The summed E-state index contributed by atoms with van der Waals surface area (Å²) >= 11 is 6.37. The van der Waals surface area contributed by atoms with Gasteiger partial charge in [0.2, 0.25) is 5.28 Å². The Bertz CT molecular complexity index is 1090. The molecule has 276 valence electrons. The van der Waals surface area contributed by atoms with Crippen molar-refractivity contribution in [1.29, 1.82) is 0 Å². The van der Waals surface area contributed by atoms with Crippen LogP contribution in [-0.2, 0) is 12.8 Å². The molecule has 0 saturated carbocycles. The van der Waals surface area contributed by atoms with E-state index in [0.717, 1.165) is 42.6 Å². The van der Waals surface area contributed by atoms with Crippen LogP contribution in [0.2, 0.25) is 5.28 Å². The number of rotatable bonds is 34. The predicted octanol–water partition coefficient (Wildman–Crippen LogP) is 14.0. The van der Waals surface area contributed by atoms with Crippen LogP contribution in [0.4, 0.5) is 0 Å². The topological polar surface area (TPSA) is 71.5 Å². The van der Waals surface area contributed by atoms with Gasteiger partial charge in [0, 0.05) is 5.69 Å². The van der Waals surface area contributed by atoms with Gasteiger partial charge in [-0.05, 0) is 37.3 Å². The zero-order chi connectivity index (χ0) is 34.3. The summed E-state index contributed by atoms with van der Waals surface area (Å²) in [7, 11) is 0. The van der Waals surface area contributed by atoms with Crippen LogP contribution >= 0.6 is 11.6 Å². The van der Waals surface area contributed by atoms with Crippen molar-refractivity contribution in [3.8, 4) is 0 Å². The van der Waals surface area contributed by atoms with Crippen molar-refractivity contribution < 1.29 is 0 Å². The fourth-order valence-electron chi connectivity index (χ4n) is 7.16. The highest BCUT2D eigenvalue weighted by Gasteiger charge is 2.14. The maximum Gasteiger partial charge on any atom is 0.345 e. The SMILES string of the molecule is CCCCCCCCCCCCCCCCCCc1nc(Cl)nc2c(CCCCCCCCCCCCCCCCCC)[nH]c(=O)nc12. The van der Waals surface area contributed by atoms with Gasteiger partial charge in [0.15, 0.2) is 0 Å². The Morgan fingerprint density at radius 1 is 0.417 bits per heavy atom.